The van der Waals surface area contributed by atoms with Crippen molar-refractivity contribution in [3.63, 3.8) is 0 Å². The summed E-state index contributed by atoms with van der Waals surface area (Å²) in [7, 11) is -2.66. The zero-order valence-corrected chi connectivity index (χ0v) is 29.5. The lowest BCUT2D eigenvalue weighted by atomic mass is 9.98. The molecule has 0 bridgehead atoms. The second-order valence-electron chi connectivity index (χ2n) is 15.3. The Balaban J connectivity index is 1.23. The minimum atomic E-state index is -2.66. The second-order valence-corrected chi connectivity index (χ2v) is 20.1. The summed E-state index contributed by atoms with van der Waals surface area (Å²) in [6.07, 6.45) is 1.62. The van der Waals surface area contributed by atoms with Crippen molar-refractivity contribution in [2.75, 3.05) is 19.8 Å². The summed E-state index contributed by atoms with van der Waals surface area (Å²) in [5.74, 6) is -0.740. The van der Waals surface area contributed by atoms with Gasteiger partial charge < -0.3 is 33.1 Å². The fourth-order valence-corrected chi connectivity index (χ4v) is 11.7. The van der Waals surface area contributed by atoms with Gasteiger partial charge in [-0.2, -0.15) is 0 Å². The largest absolute Gasteiger partial charge is 0.458 e. The van der Waals surface area contributed by atoms with Gasteiger partial charge in [0.05, 0.1) is 19.3 Å². The van der Waals surface area contributed by atoms with Crippen molar-refractivity contribution in [3.05, 3.63) is 71.8 Å². The van der Waals surface area contributed by atoms with Gasteiger partial charge in [-0.25, -0.2) is 9.59 Å². The van der Waals surface area contributed by atoms with Crippen LogP contribution in [0.1, 0.15) is 79.4 Å². The molecule has 5 rings (SSSR count). The van der Waals surface area contributed by atoms with E-state index in [0.717, 1.165) is 22.3 Å². The molecule has 10 heteroatoms. The number of hydrogen-bond donors (Lipinski definition) is 1. The SMILES string of the molecule is CC(C)(C)OC(=O)[C@H](CO[C@@H]1C=C[C@H]2O[Si](C(C)(C)C)(C(C)(C)C)OC[C@H]2O1)NC(=O)OCC1c2ccccc2-c2ccccc21. The van der Waals surface area contributed by atoms with Crippen LogP contribution in [0.4, 0.5) is 4.79 Å². The Morgan fingerprint density at radius 1 is 0.891 bits per heavy atom. The number of esters is 1. The van der Waals surface area contributed by atoms with E-state index >= 15 is 0 Å². The molecule has 2 aromatic rings. The standard InChI is InChI=1S/C36H49NO8Si/c1-34(2,3)44-32(38)28(37-33(39)41-20-27-25-16-12-10-14-23(25)24-15-11-13-17-26(24)27)21-40-31-19-18-29-30(43-31)22-42-46(45-29,35(4,5)6)36(7,8)9/h10-19,27-31H,20-22H2,1-9H3,(H,37,39)/t28-,29+,30+,31-/m0/s1. The van der Waals surface area contributed by atoms with Gasteiger partial charge in [0.1, 0.15) is 18.3 Å². The Bertz CT molecular complexity index is 1390. The Kier molecular flexibility index (Phi) is 9.61. The highest BCUT2D eigenvalue weighted by atomic mass is 28.4. The molecule has 2 aromatic carbocycles. The maximum Gasteiger partial charge on any atom is 0.407 e. The zero-order chi connectivity index (χ0) is 33.5. The van der Waals surface area contributed by atoms with Crippen LogP contribution >= 0.6 is 0 Å². The van der Waals surface area contributed by atoms with E-state index < -0.39 is 38.6 Å². The maximum atomic E-state index is 13.2. The average molecular weight is 652 g/mol. The minimum absolute atomic E-state index is 0.110. The lowest BCUT2D eigenvalue weighted by Gasteiger charge is -2.54. The number of carbonyl (C=O) groups excluding carboxylic acids is 2. The Labute approximate surface area is 274 Å². The Morgan fingerprint density at radius 2 is 1.48 bits per heavy atom. The second kappa shape index (κ2) is 12.9. The average Bonchev–Trinajstić information content (AvgIpc) is 3.29. The van der Waals surface area contributed by atoms with Crippen LogP contribution in [0.2, 0.25) is 10.1 Å². The molecule has 0 aromatic heterocycles. The van der Waals surface area contributed by atoms with E-state index in [1.165, 1.54) is 0 Å². The summed E-state index contributed by atoms with van der Waals surface area (Å²) in [5.41, 5.74) is 3.70. The molecule has 3 aliphatic rings. The minimum Gasteiger partial charge on any atom is -0.458 e. The quantitative estimate of drug-likeness (QED) is 0.194. The maximum absolute atomic E-state index is 13.2. The molecule has 0 spiro atoms. The third-order valence-corrected chi connectivity index (χ3v) is 13.7. The van der Waals surface area contributed by atoms with E-state index in [1.807, 2.05) is 30.3 Å². The van der Waals surface area contributed by atoms with E-state index in [4.69, 9.17) is 27.8 Å². The fraction of sp³-hybridized carbons (Fsp3) is 0.556. The lowest BCUT2D eigenvalue weighted by Crippen LogP contribution is -2.65. The van der Waals surface area contributed by atoms with Crippen molar-refractivity contribution in [1.82, 2.24) is 5.32 Å². The molecule has 250 valence electrons. The molecule has 1 saturated heterocycles. The third-order valence-electron chi connectivity index (χ3n) is 8.62. The molecule has 0 saturated carbocycles. The van der Waals surface area contributed by atoms with E-state index in [0.29, 0.717) is 6.61 Å². The monoisotopic (exact) mass is 651 g/mol. The van der Waals surface area contributed by atoms with E-state index in [1.54, 1.807) is 26.8 Å². The number of hydrogen-bond acceptors (Lipinski definition) is 8. The molecule has 46 heavy (non-hydrogen) atoms. The summed E-state index contributed by atoms with van der Waals surface area (Å²) < 4.78 is 36.8. The van der Waals surface area contributed by atoms with Crippen LogP contribution in [0.15, 0.2) is 60.7 Å². The molecule has 1 N–H and O–H groups in total. The molecule has 2 heterocycles. The highest BCUT2D eigenvalue weighted by Crippen LogP contribution is 2.54. The van der Waals surface area contributed by atoms with Crippen molar-refractivity contribution in [3.8, 4) is 11.1 Å². The first-order chi connectivity index (χ1) is 21.5. The first-order valence-corrected chi connectivity index (χ1v) is 17.9. The van der Waals surface area contributed by atoms with Gasteiger partial charge in [-0.3, -0.25) is 0 Å². The molecule has 2 aliphatic heterocycles. The van der Waals surface area contributed by atoms with Gasteiger partial charge >= 0.3 is 20.6 Å². The molecule has 0 unspecified atom stereocenters. The van der Waals surface area contributed by atoms with Gasteiger partial charge in [0.25, 0.3) is 0 Å². The summed E-state index contributed by atoms with van der Waals surface area (Å²) in [4.78, 5) is 26.3. The van der Waals surface area contributed by atoms with Gasteiger partial charge in [-0.1, -0.05) is 96.1 Å². The summed E-state index contributed by atoms with van der Waals surface area (Å²) >= 11 is 0. The lowest BCUT2D eigenvalue weighted by molar-refractivity contribution is -0.198. The van der Waals surface area contributed by atoms with Crippen LogP contribution in [-0.2, 0) is 32.6 Å². The van der Waals surface area contributed by atoms with Crippen molar-refractivity contribution in [1.29, 1.82) is 0 Å². The highest BCUT2D eigenvalue weighted by molar-refractivity contribution is 6.73. The van der Waals surface area contributed by atoms with Crippen molar-refractivity contribution < 1.29 is 37.4 Å². The zero-order valence-electron chi connectivity index (χ0n) is 28.5. The third kappa shape index (κ3) is 7.11. The van der Waals surface area contributed by atoms with Crippen molar-refractivity contribution >= 4 is 20.6 Å². The van der Waals surface area contributed by atoms with Crippen LogP contribution in [0.3, 0.4) is 0 Å². The number of benzene rings is 2. The number of ether oxygens (including phenoxy) is 4. The number of fused-ring (bicyclic) bond motifs is 4. The van der Waals surface area contributed by atoms with Crippen LogP contribution in [0.5, 0.6) is 0 Å². The summed E-state index contributed by atoms with van der Waals surface area (Å²) in [5, 5.41) is 2.37. The van der Waals surface area contributed by atoms with Gasteiger partial charge in [0.2, 0.25) is 0 Å². The number of rotatable bonds is 7. The van der Waals surface area contributed by atoms with Crippen molar-refractivity contribution in [2.24, 2.45) is 0 Å². The van der Waals surface area contributed by atoms with Crippen LogP contribution in [0.25, 0.3) is 11.1 Å². The molecular weight excluding hydrogens is 602 g/mol. The van der Waals surface area contributed by atoms with Gasteiger partial charge in [0, 0.05) is 16.0 Å². The number of alkyl carbamates (subject to hydrolysis) is 1. The van der Waals surface area contributed by atoms with E-state index in [9.17, 15) is 9.59 Å². The number of nitrogens with one attached hydrogen (secondary N) is 1. The molecule has 9 nitrogen and oxygen atoms in total. The number of carbonyl (C=O) groups is 2. The van der Waals surface area contributed by atoms with Gasteiger partial charge in [-0.15, -0.1) is 0 Å². The van der Waals surface area contributed by atoms with E-state index in [-0.39, 0.29) is 41.4 Å². The van der Waals surface area contributed by atoms with Crippen LogP contribution in [0, 0.1) is 0 Å². The van der Waals surface area contributed by atoms with Crippen LogP contribution < -0.4 is 5.32 Å². The highest BCUT2D eigenvalue weighted by Gasteiger charge is 2.62. The molecule has 1 fully saturated rings. The Hall–Kier alpha value is -3.02. The topological polar surface area (TPSA) is 102 Å². The Morgan fingerprint density at radius 3 is 2.04 bits per heavy atom. The van der Waals surface area contributed by atoms with Crippen LogP contribution in [-0.4, -0.2) is 70.6 Å². The number of amides is 1. The predicted octanol–water partition coefficient (Wildman–Crippen LogP) is 6.99. The van der Waals surface area contributed by atoms with Crippen molar-refractivity contribution in [2.45, 2.75) is 108 Å². The first kappa shape index (κ1) is 34.3. The normalized spacial score (nSPS) is 23.1. The fourth-order valence-electron chi connectivity index (χ4n) is 6.82. The smallest absolute Gasteiger partial charge is 0.407 e. The van der Waals surface area contributed by atoms with Gasteiger partial charge in [-0.05, 0) is 49.1 Å². The molecule has 0 radical (unpaired) electrons. The molecule has 1 aliphatic carbocycles. The van der Waals surface area contributed by atoms with E-state index in [2.05, 4.69) is 71.1 Å². The summed E-state index contributed by atoms with van der Waals surface area (Å²) in [6.45, 7) is 18.6. The predicted molar refractivity (Wildman–Crippen MR) is 178 cm³/mol. The molecule has 4 atom stereocenters. The summed E-state index contributed by atoms with van der Waals surface area (Å²) in [6, 6.07) is 15.1. The molecular formula is C36H49NO8Si. The molecule has 1 amide bonds. The van der Waals surface area contributed by atoms with Gasteiger partial charge in [0.15, 0.2) is 12.3 Å². The first-order valence-electron chi connectivity index (χ1n) is 16.1.